The van der Waals surface area contributed by atoms with Crippen LogP contribution in [0.2, 0.25) is 0 Å². The molecule has 7 heteroatoms. The molecular formula is C26H29N3O4. The number of aliphatic hydroxyl groups excluding tert-OH is 1. The number of anilines is 1. The second-order valence-electron chi connectivity index (χ2n) is 8.62. The third-order valence-corrected chi connectivity index (χ3v) is 6.27. The molecule has 2 amide bonds. The first kappa shape index (κ1) is 21.6. The lowest BCUT2D eigenvalue weighted by atomic mass is 10.0. The van der Waals surface area contributed by atoms with Gasteiger partial charge in [0.15, 0.2) is 11.5 Å². The Morgan fingerprint density at radius 3 is 2.52 bits per heavy atom. The number of fused-ring (bicyclic) bond motifs is 2. The largest absolute Gasteiger partial charge is 0.486 e. The zero-order chi connectivity index (χ0) is 22.6. The number of nitrogens with zero attached hydrogens (tertiary/aromatic N) is 1. The number of likely N-dealkylation sites (tertiary alicyclic amines) is 1. The summed E-state index contributed by atoms with van der Waals surface area (Å²) in [5.41, 5.74) is 1.40. The van der Waals surface area contributed by atoms with Crippen LogP contribution in [0.25, 0.3) is 10.8 Å². The summed E-state index contributed by atoms with van der Waals surface area (Å²) in [4.78, 5) is 15.2. The van der Waals surface area contributed by atoms with E-state index in [0.29, 0.717) is 42.5 Å². The monoisotopic (exact) mass is 447 g/mol. The van der Waals surface area contributed by atoms with Gasteiger partial charge in [-0.2, -0.15) is 0 Å². The lowest BCUT2D eigenvalue weighted by Crippen LogP contribution is -2.48. The summed E-state index contributed by atoms with van der Waals surface area (Å²) >= 11 is 0. The fourth-order valence-electron chi connectivity index (χ4n) is 4.55. The maximum atomic E-state index is 12.9. The number of nitrogens with one attached hydrogen (secondary N) is 2. The van der Waals surface area contributed by atoms with Crippen molar-refractivity contribution < 1.29 is 19.4 Å². The van der Waals surface area contributed by atoms with Gasteiger partial charge in [-0.1, -0.05) is 36.4 Å². The summed E-state index contributed by atoms with van der Waals surface area (Å²) in [6.07, 6.45) is 1.38. The van der Waals surface area contributed by atoms with Gasteiger partial charge >= 0.3 is 6.03 Å². The fourth-order valence-corrected chi connectivity index (χ4v) is 4.55. The van der Waals surface area contributed by atoms with Crippen LogP contribution in [0.1, 0.15) is 24.5 Å². The topological polar surface area (TPSA) is 83.1 Å². The van der Waals surface area contributed by atoms with Crippen molar-refractivity contribution in [3.63, 3.8) is 0 Å². The molecule has 2 heterocycles. The van der Waals surface area contributed by atoms with Gasteiger partial charge in [-0.3, -0.25) is 0 Å². The second kappa shape index (κ2) is 9.68. The van der Waals surface area contributed by atoms with Crippen LogP contribution in [0.5, 0.6) is 11.5 Å². The molecule has 0 bridgehead atoms. The molecule has 3 N–H and O–H groups in total. The van der Waals surface area contributed by atoms with Crippen LogP contribution in [-0.2, 0) is 0 Å². The molecule has 2 aliphatic rings. The zero-order valence-electron chi connectivity index (χ0n) is 18.5. The molecule has 3 aromatic carbocycles. The Labute approximate surface area is 193 Å². The van der Waals surface area contributed by atoms with E-state index in [9.17, 15) is 9.90 Å². The van der Waals surface area contributed by atoms with Crippen molar-refractivity contribution >= 4 is 22.5 Å². The average Bonchev–Trinajstić information content (AvgIpc) is 3.36. The lowest BCUT2D eigenvalue weighted by molar-refractivity contribution is 0.110. The van der Waals surface area contributed by atoms with Gasteiger partial charge < -0.3 is 30.1 Å². The predicted molar refractivity (Wildman–Crippen MR) is 128 cm³/mol. The van der Waals surface area contributed by atoms with Crippen molar-refractivity contribution in [3.05, 3.63) is 66.2 Å². The number of hydrogen-bond acceptors (Lipinski definition) is 5. The number of ether oxygens (including phenoxy) is 2. The summed E-state index contributed by atoms with van der Waals surface area (Å²) in [7, 11) is 0. The summed E-state index contributed by atoms with van der Waals surface area (Å²) in [6, 6.07) is 18.5. The molecule has 172 valence electrons. The van der Waals surface area contributed by atoms with Crippen molar-refractivity contribution in [2.75, 3.05) is 38.2 Å². The number of benzene rings is 3. The van der Waals surface area contributed by atoms with Crippen LogP contribution in [0.15, 0.2) is 60.7 Å². The number of urea groups is 1. The van der Waals surface area contributed by atoms with E-state index < -0.39 is 12.1 Å². The van der Waals surface area contributed by atoms with Gasteiger partial charge in [0.25, 0.3) is 0 Å². The molecule has 0 spiro atoms. The van der Waals surface area contributed by atoms with E-state index in [4.69, 9.17) is 9.47 Å². The fraction of sp³-hybridized carbons (Fsp3) is 0.346. The van der Waals surface area contributed by atoms with Crippen molar-refractivity contribution in [1.29, 1.82) is 0 Å². The number of carbonyl (C=O) groups is 1. The molecule has 33 heavy (non-hydrogen) atoms. The minimum absolute atomic E-state index is 0.342. The van der Waals surface area contributed by atoms with Crippen LogP contribution < -0.4 is 20.1 Å². The summed E-state index contributed by atoms with van der Waals surface area (Å²) in [5, 5.41) is 19.3. The molecule has 0 aromatic heterocycles. The number of carbonyl (C=O) groups excluding carboxylic acids is 1. The van der Waals surface area contributed by atoms with E-state index in [2.05, 4.69) is 15.5 Å². The number of hydrogen-bond donors (Lipinski definition) is 3. The minimum Gasteiger partial charge on any atom is -0.486 e. The highest BCUT2D eigenvalue weighted by Crippen LogP contribution is 2.33. The third kappa shape index (κ3) is 5.05. The second-order valence-corrected chi connectivity index (χ2v) is 8.62. The van der Waals surface area contributed by atoms with Crippen molar-refractivity contribution in [2.24, 2.45) is 0 Å². The molecule has 1 fully saturated rings. The predicted octanol–water partition coefficient (Wildman–Crippen LogP) is 3.93. The molecule has 7 nitrogen and oxygen atoms in total. The lowest BCUT2D eigenvalue weighted by Gasteiger charge is -2.29. The normalized spacial score (nSPS) is 17.5. The Balaban J connectivity index is 1.32. The maximum Gasteiger partial charge on any atom is 0.319 e. The van der Waals surface area contributed by atoms with Crippen LogP contribution in [0.3, 0.4) is 0 Å². The van der Waals surface area contributed by atoms with Crippen molar-refractivity contribution in [1.82, 2.24) is 10.2 Å². The van der Waals surface area contributed by atoms with E-state index in [1.807, 2.05) is 54.6 Å². The van der Waals surface area contributed by atoms with Crippen molar-refractivity contribution in [2.45, 2.75) is 25.0 Å². The van der Waals surface area contributed by atoms with Gasteiger partial charge in [0.1, 0.15) is 19.3 Å². The zero-order valence-corrected chi connectivity index (χ0v) is 18.5. The van der Waals surface area contributed by atoms with Crippen LogP contribution in [0.4, 0.5) is 10.5 Å². The van der Waals surface area contributed by atoms with Crippen LogP contribution >= 0.6 is 0 Å². The van der Waals surface area contributed by atoms with Gasteiger partial charge in [-0.05, 0) is 66.5 Å². The van der Waals surface area contributed by atoms with Gasteiger partial charge in [0.2, 0.25) is 0 Å². The first-order chi connectivity index (χ1) is 16.2. The quantitative estimate of drug-likeness (QED) is 0.533. The van der Waals surface area contributed by atoms with Gasteiger partial charge in [0, 0.05) is 12.2 Å². The first-order valence-electron chi connectivity index (χ1n) is 11.5. The summed E-state index contributed by atoms with van der Waals surface area (Å²) in [5.74, 6) is 1.30. The minimum atomic E-state index is -0.885. The molecule has 1 saturated heterocycles. The standard InChI is InChI=1S/C26H29N3O4/c30-25(20-8-10-23-24(16-20)33-14-13-32-23)22(17-29-11-3-4-12-29)28-26(31)27-21-9-7-18-5-1-2-6-19(18)15-21/h1-2,5-10,15-16,22,25,30H,3-4,11-14,17H2,(H2,27,28,31). The van der Waals surface area contributed by atoms with E-state index in [0.717, 1.165) is 36.7 Å². The van der Waals surface area contributed by atoms with Crippen LogP contribution in [-0.4, -0.2) is 54.9 Å². The highest BCUT2D eigenvalue weighted by Gasteiger charge is 2.28. The summed E-state index contributed by atoms with van der Waals surface area (Å²) < 4.78 is 11.3. The number of amides is 2. The molecule has 2 atom stereocenters. The Bertz CT molecular complexity index is 1130. The highest BCUT2D eigenvalue weighted by atomic mass is 16.6. The molecule has 0 aliphatic carbocycles. The van der Waals surface area contributed by atoms with Gasteiger partial charge in [0.05, 0.1) is 6.04 Å². The SMILES string of the molecule is O=C(Nc1ccc2ccccc2c1)NC(CN1CCCC1)C(O)c1ccc2c(c1)OCCO2. The molecule has 2 aliphatic heterocycles. The van der Waals surface area contributed by atoms with Gasteiger partial charge in [-0.25, -0.2) is 4.79 Å². The van der Waals surface area contributed by atoms with E-state index in [1.54, 1.807) is 6.07 Å². The summed E-state index contributed by atoms with van der Waals surface area (Å²) in [6.45, 7) is 3.51. The molecule has 3 aromatic rings. The average molecular weight is 448 g/mol. The molecule has 5 rings (SSSR count). The Hall–Kier alpha value is -3.29. The molecule has 0 saturated carbocycles. The number of rotatable bonds is 6. The molecular weight excluding hydrogens is 418 g/mol. The maximum absolute atomic E-state index is 12.9. The smallest absolute Gasteiger partial charge is 0.319 e. The Kier molecular flexibility index (Phi) is 6.32. The van der Waals surface area contributed by atoms with E-state index in [-0.39, 0.29) is 6.03 Å². The highest BCUT2D eigenvalue weighted by molar-refractivity contribution is 5.93. The van der Waals surface area contributed by atoms with E-state index >= 15 is 0 Å². The van der Waals surface area contributed by atoms with Crippen LogP contribution in [0, 0.1) is 0 Å². The molecule has 2 unspecified atom stereocenters. The van der Waals surface area contributed by atoms with Crippen molar-refractivity contribution in [3.8, 4) is 11.5 Å². The van der Waals surface area contributed by atoms with E-state index in [1.165, 1.54) is 0 Å². The Morgan fingerprint density at radius 2 is 1.70 bits per heavy atom. The van der Waals surface area contributed by atoms with Gasteiger partial charge in [-0.15, -0.1) is 0 Å². The third-order valence-electron chi connectivity index (χ3n) is 6.27. The Morgan fingerprint density at radius 1 is 0.939 bits per heavy atom. The molecule has 0 radical (unpaired) electrons. The first-order valence-corrected chi connectivity index (χ1v) is 11.5. The number of aliphatic hydroxyl groups is 1.